The van der Waals surface area contributed by atoms with Crippen LogP contribution in [0.25, 0.3) is 22.1 Å². The number of quaternary nitrogens is 1. The zero-order valence-corrected chi connectivity index (χ0v) is 22.3. The van der Waals surface area contributed by atoms with Crippen LogP contribution in [0.1, 0.15) is 35.5 Å². The van der Waals surface area contributed by atoms with Gasteiger partial charge in [-0.3, -0.25) is 9.69 Å². The Labute approximate surface area is 226 Å². The third-order valence-corrected chi connectivity index (χ3v) is 7.38. The summed E-state index contributed by atoms with van der Waals surface area (Å²) in [4.78, 5) is 30.6. The van der Waals surface area contributed by atoms with Gasteiger partial charge in [-0.2, -0.15) is 0 Å². The van der Waals surface area contributed by atoms with E-state index in [1.165, 1.54) is 4.90 Å². The number of aryl methyl sites for hydroxylation is 1. The van der Waals surface area contributed by atoms with Crippen molar-refractivity contribution in [2.24, 2.45) is 0 Å². The number of esters is 1. The quantitative estimate of drug-likeness (QED) is 0.400. The molecule has 0 amide bonds. The zero-order chi connectivity index (χ0) is 27.5. The molecule has 10 nitrogen and oxygen atoms in total. The average molecular weight is 539 g/mol. The highest BCUT2D eigenvalue weighted by Gasteiger charge is 2.28. The Morgan fingerprint density at radius 2 is 1.87 bits per heavy atom. The Hall–Kier alpha value is -3.60. The molecule has 2 aliphatic rings. The number of fused-ring (bicyclic) bond motifs is 2. The molecule has 10 heteroatoms. The van der Waals surface area contributed by atoms with Gasteiger partial charge in [0.15, 0.2) is 11.5 Å². The molecule has 3 aromatic rings. The first kappa shape index (κ1) is 27.0. The predicted molar refractivity (Wildman–Crippen MR) is 142 cm³/mol. The average Bonchev–Trinajstić information content (AvgIpc) is 2.95. The molecule has 0 bridgehead atoms. The summed E-state index contributed by atoms with van der Waals surface area (Å²) in [6, 6.07) is 6.65. The van der Waals surface area contributed by atoms with Gasteiger partial charge < -0.3 is 33.7 Å². The Kier molecular flexibility index (Phi) is 8.06. The first-order chi connectivity index (χ1) is 18.9. The molecule has 0 radical (unpaired) electrons. The molecule has 208 valence electrons. The van der Waals surface area contributed by atoms with Crippen LogP contribution in [-0.4, -0.2) is 75.1 Å². The van der Waals surface area contributed by atoms with Gasteiger partial charge in [-0.25, -0.2) is 4.79 Å². The summed E-state index contributed by atoms with van der Waals surface area (Å²) in [6.07, 6.45) is 0.458. The van der Waals surface area contributed by atoms with E-state index in [1.54, 1.807) is 31.2 Å². The van der Waals surface area contributed by atoms with Crippen molar-refractivity contribution >= 4 is 16.9 Å². The minimum Gasteiger partial charge on any atom is -0.872 e. The van der Waals surface area contributed by atoms with Crippen LogP contribution in [-0.2, 0) is 17.7 Å². The van der Waals surface area contributed by atoms with Crippen LogP contribution in [0.2, 0.25) is 0 Å². The Morgan fingerprint density at radius 1 is 1.13 bits per heavy atom. The largest absolute Gasteiger partial charge is 0.872 e. The van der Waals surface area contributed by atoms with E-state index in [2.05, 4.69) is 4.90 Å². The van der Waals surface area contributed by atoms with E-state index in [0.717, 1.165) is 26.2 Å². The molecule has 1 saturated heterocycles. The number of hydrogen-bond donors (Lipinski definition) is 2. The second-order valence-electron chi connectivity index (χ2n) is 9.78. The molecule has 1 aromatic heterocycles. The van der Waals surface area contributed by atoms with Gasteiger partial charge in [0.25, 0.3) is 0 Å². The normalized spacial score (nSPS) is 16.0. The van der Waals surface area contributed by atoms with Crippen molar-refractivity contribution < 1.29 is 38.5 Å². The fourth-order valence-corrected chi connectivity index (χ4v) is 5.33. The van der Waals surface area contributed by atoms with Crippen molar-refractivity contribution in [3.63, 3.8) is 0 Å². The summed E-state index contributed by atoms with van der Waals surface area (Å²) < 4.78 is 22.8. The lowest BCUT2D eigenvalue weighted by Crippen LogP contribution is -3.13. The highest BCUT2D eigenvalue weighted by atomic mass is 16.6. The van der Waals surface area contributed by atoms with Gasteiger partial charge in [-0.05, 0) is 37.1 Å². The maximum atomic E-state index is 14.1. The minimum absolute atomic E-state index is 0.0644. The number of nitrogens with zero attached hydrogens (tertiary/aromatic N) is 1. The lowest BCUT2D eigenvalue weighted by Gasteiger charge is -2.33. The van der Waals surface area contributed by atoms with Crippen molar-refractivity contribution in [3.8, 4) is 28.4 Å². The van der Waals surface area contributed by atoms with Crippen LogP contribution >= 0.6 is 0 Å². The molecule has 2 N–H and O–H groups in total. The third-order valence-electron chi connectivity index (χ3n) is 7.38. The number of aliphatic hydroxyl groups is 1. The second kappa shape index (κ2) is 11.6. The summed E-state index contributed by atoms with van der Waals surface area (Å²) in [7, 11) is 0. The highest BCUT2D eigenvalue weighted by molar-refractivity contribution is 5.98. The molecule has 0 saturated carbocycles. The molecule has 39 heavy (non-hydrogen) atoms. The van der Waals surface area contributed by atoms with Crippen molar-refractivity contribution in [2.45, 2.75) is 26.8 Å². The molecule has 0 unspecified atom stereocenters. The zero-order valence-electron chi connectivity index (χ0n) is 22.3. The van der Waals surface area contributed by atoms with Crippen molar-refractivity contribution in [1.82, 2.24) is 4.90 Å². The minimum atomic E-state index is -0.774. The SMILES string of the molecule is CCOC(=O)c1oc2c(C[NH+]3CCN(CCO)CC3)c([O-])c(CC)cc2c(=O)c1-c1ccc2c(c1)OCCO2. The Bertz CT molecular complexity index is 1430. The summed E-state index contributed by atoms with van der Waals surface area (Å²) >= 11 is 0. The van der Waals surface area contributed by atoms with Crippen LogP contribution in [0, 0.1) is 0 Å². The Balaban J connectivity index is 1.66. The molecule has 2 aromatic carbocycles. The number of hydrogen-bond acceptors (Lipinski definition) is 9. The molecule has 0 spiro atoms. The van der Waals surface area contributed by atoms with Gasteiger partial charge in [-0.15, -0.1) is 0 Å². The van der Waals surface area contributed by atoms with E-state index in [-0.39, 0.29) is 41.3 Å². The van der Waals surface area contributed by atoms with Crippen LogP contribution in [0.3, 0.4) is 0 Å². The van der Waals surface area contributed by atoms with Crippen molar-refractivity contribution in [2.75, 3.05) is 59.2 Å². The number of carbonyl (C=O) groups excluding carboxylic acids is 1. The lowest BCUT2D eigenvalue weighted by atomic mass is 9.97. The van der Waals surface area contributed by atoms with Crippen LogP contribution < -0.4 is 24.9 Å². The second-order valence-corrected chi connectivity index (χ2v) is 9.78. The standard InChI is InChI=1S/C29H34N2O8/c1-3-18-15-20-26(34)24(19-5-6-22-23(16-19)38-14-13-37-22)28(29(35)36-4-2)39-27(20)21(25(18)33)17-31-9-7-30(8-10-31)11-12-32/h5-6,15-16,32-33H,3-4,7-14,17H2,1-2H3. The fraction of sp³-hybridized carbons (Fsp3) is 0.448. The van der Waals surface area contributed by atoms with Crippen LogP contribution in [0.15, 0.2) is 33.5 Å². The number of benzene rings is 2. The lowest BCUT2D eigenvalue weighted by molar-refractivity contribution is -0.918. The van der Waals surface area contributed by atoms with Gasteiger partial charge in [0.05, 0.1) is 37.3 Å². The fourth-order valence-electron chi connectivity index (χ4n) is 5.33. The summed E-state index contributed by atoms with van der Waals surface area (Å²) in [6.45, 7) is 8.69. The highest BCUT2D eigenvalue weighted by Crippen LogP contribution is 2.37. The van der Waals surface area contributed by atoms with E-state index in [0.29, 0.717) is 60.9 Å². The van der Waals surface area contributed by atoms with Gasteiger partial charge in [0.2, 0.25) is 11.2 Å². The number of carbonyl (C=O) groups is 1. The molecular weight excluding hydrogens is 504 g/mol. The van der Waals surface area contributed by atoms with Gasteiger partial charge in [-0.1, -0.05) is 24.3 Å². The number of ether oxygens (including phenoxy) is 3. The number of nitrogens with one attached hydrogen (secondary N) is 1. The molecule has 3 heterocycles. The van der Waals surface area contributed by atoms with Gasteiger partial charge in [0.1, 0.15) is 25.3 Å². The summed E-state index contributed by atoms with van der Waals surface area (Å²) in [5, 5.41) is 23.0. The van der Waals surface area contributed by atoms with E-state index in [1.807, 2.05) is 6.92 Å². The van der Waals surface area contributed by atoms with Crippen LogP contribution in [0.4, 0.5) is 0 Å². The summed E-state index contributed by atoms with van der Waals surface area (Å²) in [5.41, 5.74) is 1.15. The molecule has 2 aliphatic heterocycles. The molecular formula is C29H34N2O8. The van der Waals surface area contributed by atoms with E-state index in [9.17, 15) is 19.8 Å². The predicted octanol–water partition coefficient (Wildman–Crippen LogP) is 0.737. The maximum Gasteiger partial charge on any atom is 0.375 e. The monoisotopic (exact) mass is 538 g/mol. The Morgan fingerprint density at radius 3 is 2.56 bits per heavy atom. The number of rotatable bonds is 8. The van der Waals surface area contributed by atoms with Gasteiger partial charge in [0, 0.05) is 25.2 Å². The first-order valence-corrected chi connectivity index (χ1v) is 13.5. The molecule has 0 atom stereocenters. The van der Waals surface area contributed by atoms with Crippen molar-refractivity contribution in [3.05, 3.63) is 51.4 Å². The first-order valence-electron chi connectivity index (χ1n) is 13.5. The van der Waals surface area contributed by atoms with Gasteiger partial charge >= 0.3 is 5.97 Å². The topological polar surface area (TPSA) is 126 Å². The molecule has 0 aliphatic carbocycles. The van der Waals surface area contributed by atoms with Crippen LogP contribution in [0.5, 0.6) is 17.2 Å². The molecule has 1 fully saturated rings. The van der Waals surface area contributed by atoms with Crippen molar-refractivity contribution in [1.29, 1.82) is 0 Å². The molecule has 5 rings (SSSR count). The number of piperazine rings is 1. The maximum absolute atomic E-state index is 14.1. The smallest absolute Gasteiger partial charge is 0.375 e. The third kappa shape index (κ3) is 5.32. The number of β-amino-alcohol motifs (C(OH)–C–C–N with tert-alkyl or cyclic N) is 1. The van der Waals surface area contributed by atoms with E-state index >= 15 is 0 Å². The van der Waals surface area contributed by atoms with E-state index in [4.69, 9.17) is 18.6 Å². The van der Waals surface area contributed by atoms with E-state index < -0.39 is 11.4 Å². The number of aliphatic hydroxyl groups excluding tert-OH is 1. The summed E-state index contributed by atoms with van der Waals surface area (Å²) in [5.74, 6) is -0.147.